The molecule has 0 spiro atoms. The number of halogens is 1. The molecular weight excluding hydrogens is 326 g/mol. The van der Waals surface area contributed by atoms with Crippen LogP contribution >= 0.6 is 12.4 Å². The van der Waals surface area contributed by atoms with Crippen molar-refractivity contribution in [1.29, 1.82) is 0 Å². The Labute approximate surface area is 151 Å². The third-order valence-electron chi connectivity index (χ3n) is 4.68. The van der Waals surface area contributed by atoms with Crippen molar-refractivity contribution in [3.63, 3.8) is 0 Å². The van der Waals surface area contributed by atoms with Gasteiger partial charge < -0.3 is 19.1 Å². The molecule has 1 aromatic carbocycles. The predicted molar refractivity (Wildman–Crippen MR) is 98.7 cm³/mol. The number of likely N-dealkylation sites (tertiary alicyclic amines) is 1. The van der Waals surface area contributed by atoms with E-state index in [-0.39, 0.29) is 12.4 Å². The van der Waals surface area contributed by atoms with Crippen molar-refractivity contribution < 1.29 is 14.2 Å². The van der Waals surface area contributed by atoms with Gasteiger partial charge in [0.25, 0.3) is 0 Å². The van der Waals surface area contributed by atoms with Crippen molar-refractivity contribution >= 4 is 12.4 Å². The number of piperidine rings is 1. The van der Waals surface area contributed by atoms with Crippen molar-refractivity contribution in [3.8, 4) is 17.2 Å². The van der Waals surface area contributed by atoms with E-state index in [9.17, 15) is 0 Å². The molecule has 5 heteroatoms. The lowest BCUT2D eigenvalue weighted by Gasteiger charge is -2.26. The number of rotatable bonds is 9. The Kier molecular flexibility index (Phi) is 8.54. The zero-order valence-corrected chi connectivity index (χ0v) is 15.3. The number of unbranched alkanes of at least 4 members (excludes halogenated alkanes) is 4. The summed E-state index contributed by atoms with van der Waals surface area (Å²) in [5, 5.41) is 0. The normalized spacial score (nSPS) is 16.7. The fraction of sp³-hybridized carbons (Fsp3) is 0.684. The largest absolute Gasteiger partial charge is 0.493 e. The van der Waals surface area contributed by atoms with Crippen molar-refractivity contribution in [2.45, 2.75) is 51.4 Å². The van der Waals surface area contributed by atoms with Gasteiger partial charge in [-0.15, -0.1) is 12.4 Å². The molecule has 2 aliphatic heterocycles. The van der Waals surface area contributed by atoms with Gasteiger partial charge in [-0.2, -0.15) is 0 Å². The van der Waals surface area contributed by atoms with Crippen molar-refractivity contribution in [2.75, 3.05) is 33.0 Å². The summed E-state index contributed by atoms with van der Waals surface area (Å²) >= 11 is 0. The quantitative estimate of drug-likeness (QED) is 0.603. The van der Waals surface area contributed by atoms with Crippen molar-refractivity contribution in [3.05, 3.63) is 18.2 Å². The summed E-state index contributed by atoms with van der Waals surface area (Å²) < 4.78 is 16.4. The van der Waals surface area contributed by atoms with E-state index in [0.29, 0.717) is 6.79 Å². The molecule has 0 bridgehead atoms. The molecule has 1 saturated heterocycles. The Morgan fingerprint density at radius 1 is 0.875 bits per heavy atom. The molecule has 0 unspecified atom stereocenters. The smallest absolute Gasteiger partial charge is 0.231 e. The lowest BCUT2D eigenvalue weighted by Crippen LogP contribution is -2.30. The molecule has 3 rings (SSSR count). The van der Waals surface area contributed by atoms with Crippen LogP contribution in [0.5, 0.6) is 17.2 Å². The third-order valence-corrected chi connectivity index (χ3v) is 4.68. The minimum atomic E-state index is 0. The van der Waals surface area contributed by atoms with Crippen LogP contribution in [-0.2, 0) is 0 Å². The maximum absolute atomic E-state index is 5.79. The Balaban J connectivity index is 0.00000208. The van der Waals surface area contributed by atoms with E-state index in [1.54, 1.807) is 0 Å². The first-order valence-corrected chi connectivity index (χ1v) is 9.17. The van der Waals surface area contributed by atoms with Crippen molar-refractivity contribution in [2.24, 2.45) is 0 Å². The van der Waals surface area contributed by atoms with Crippen LogP contribution in [0.4, 0.5) is 0 Å². The lowest BCUT2D eigenvalue weighted by atomic mass is 10.1. The standard InChI is InChI=1S/C19H29NO3.ClH/c1(2-5-11-20-12-6-4-7-13-20)3-8-14-21-17-9-10-18-19(15-17)23-16-22-18;/h9-10,15H,1-8,11-14,16H2;1H. The molecular formula is C19H30ClNO3. The summed E-state index contributed by atoms with van der Waals surface area (Å²) in [6, 6.07) is 5.78. The number of benzene rings is 1. The Hall–Kier alpha value is -1.13. The first kappa shape index (κ1) is 19.2. The van der Waals surface area contributed by atoms with E-state index in [4.69, 9.17) is 14.2 Å². The maximum atomic E-state index is 5.79. The predicted octanol–water partition coefficient (Wildman–Crippen LogP) is 4.65. The number of fused-ring (bicyclic) bond motifs is 1. The highest BCUT2D eigenvalue weighted by molar-refractivity contribution is 5.85. The Morgan fingerprint density at radius 2 is 1.62 bits per heavy atom. The average Bonchev–Trinajstić information content (AvgIpc) is 3.06. The summed E-state index contributed by atoms with van der Waals surface area (Å²) in [4.78, 5) is 2.63. The second kappa shape index (κ2) is 10.7. The van der Waals surface area contributed by atoms with Gasteiger partial charge in [0, 0.05) is 6.07 Å². The van der Waals surface area contributed by atoms with Crippen molar-refractivity contribution in [1.82, 2.24) is 4.90 Å². The molecule has 136 valence electrons. The van der Waals surface area contributed by atoms with Crippen LogP contribution in [-0.4, -0.2) is 37.9 Å². The summed E-state index contributed by atoms with van der Waals surface area (Å²) in [5.74, 6) is 2.48. The van der Waals surface area contributed by atoms with Gasteiger partial charge in [0.2, 0.25) is 6.79 Å². The molecule has 0 aromatic heterocycles. The first-order chi connectivity index (χ1) is 11.4. The molecule has 24 heavy (non-hydrogen) atoms. The van der Waals surface area contributed by atoms with Crippen LogP contribution in [0.2, 0.25) is 0 Å². The van der Waals surface area contributed by atoms with E-state index < -0.39 is 0 Å². The molecule has 0 radical (unpaired) electrons. The third kappa shape index (κ3) is 6.06. The molecule has 0 atom stereocenters. The van der Waals surface area contributed by atoms with Crippen LogP contribution in [0.1, 0.15) is 51.4 Å². The van der Waals surface area contributed by atoms with E-state index in [0.717, 1.165) is 30.3 Å². The zero-order chi connectivity index (χ0) is 15.7. The minimum Gasteiger partial charge on any atom is -0.493 e. The Bertz CT molecular complexity index is 478. The summed E-state index contributed by atoms with van der Waals surface area (Å²) in [5.41, 5.74) is 0. The fourth-order valence-electron chi connectivity index (χ4n) is 3.31. The van der Waals surface area contributed by atoms with Gasteiger partial charge >= 0.3 is 0 Å². The number of hydrogen-bond acceptors (Lipinski definition) is 4. The molecule has 2 heterocycles. The second-order valence-electron chi connectivity index (χ2n) is 6.53. The van der Waals surface area contributed by atoms with Gasteiger partial charge in [-0.3, -0.25) is 0 Å². The Morgan fingerprint density at radius 3 is 2.50 bits per heavy atom. The summed E-state index contributed by atoms with van der Waals surface area (Å²) in [6.45, 7) is 5.04. The number of ether oxygens (including phenoxy) is 3. The van der Waals surface area contributed by atoms with Crippen LogP contribution in [0, 0.1) is 0 Å². The first-order valence-electron chi connectivity index (χ1n) is 9.17. The second-order valence-corrected chi connectivity index (χ2v) is 6.53. The lowest BCUT2D eigenvalue weighted by molar-refractivity contribution is 0.173. The summed E-state index contributed by atoms with van der Waals surface area (Å²) in [6.07, 6.45) is 10.6. The zero-order valence-electron chi connectivity index (χ0n) is 14.5. The highest BCUT2D eigenvalue weighted by Gasteiger charge is 2.13. The topological polar surface area (TPSA) is 30.9 Å². The van der Waals surface area contributed by atoms with Gasteiger partial charge in [0.05, 0.1) is 6.61 Å². The number of hydrogen-bond donors (Lipinski definition) is 0. The highest BCUT2D eigenvalue weighted by atomic mass is 35.5. The van der Waals surface area contributed by atoms with E-state index in [2.05, 4.69) is 4.90 Å². The van der Waals surface area contributed by atoms with Gasteiger partial charge in [0.1, 0.15) is 5.75 Å². The maximum Gasteiger partial charge on any atom is 0.231 e. The fourth-order valence-corrected chi connectivity index (χ4v) is 3.31. The summed E-state index contributed by atoms with van der Waals surface area (Å²) in [7, 11) is 0. The van der Waals surface area contributed by atoms with Gasteiger partial charge in [-0.05, 0) is 57.5 Å². The van der Waals surface area contributed by atoms with Crippen LogP contribution in [0.3, 0.4) is 0 Å². The molecule has 0 amide bonds. The number of nitrogens with zero attached hydrogens (tertiary/aromatic N) is 1. The van der Waals surface area contributed by atoms with E-state index in [1.807, 2.05) is 18.2 Å². The SMILES string of the molecule is Cl.c1cc2c(cc1OCCCCCCCN1CCCCC1)OCO2. The van der Waals surface area contributed by atoms with Crippen LogP contribution in [0.15, 0.2) is 18.2 Å². The average molecular weight is 356 g/mol. The van der Waals surface area contributed by atoms with Gasteiger partial charge in [-0.25, -0.2) is 0 Å². The van der Waals surface area contributed by atoms with Gasteiger partial charge in [-0.1, -0.05) is 25.7 Å². The molecule has 0 aliphatic carbocycles. The van der Waals surface area contributed by atoms with Gasteiger partial charge in [0.15, 0.2) is 11.5 Å². The molecule has 1 aromatic rings. The molecule has 1 fully saturated rings. The van der Waals surface area contributed by atoms with Crippen LogP contribution in [0.25, 0.3) is 0 Å². The van der Waals surface area contributed by atoms with E-state index in [1.165, 1.54) is 64.6 Å². The molecule has 2 aliphatic rings. The highest BCUT2D eigenvalue weighted by Crippen LogP contribution is 2.35. The van der Waals surface area contributed by atoms with Crippen LogP contribution < -0.4 is 14.2 Å². The van der Waals surface area contributed by atoms with E-state index >= 15 is 0 Å². The molecule has 4 nitrogen and oxygen atoms in total. The monoisotopic (exact) mass is 355 g/mol. The molecule has 0 N–H and O–H groups in total. The minimum absolute atomic E-state index is 0. The molecule has 0 saturated carbocycles.